The fourth-order valence-corrected chi connectivity index (χ4v) is 3.02. The van der Waals surface area contributed by atoms with Crippen LogP contribution in [0, 0.1) is 24.0 Å². The number of nitrogens with zero attached hydrogens (tertiary/aromatic N) is 4. The molecular formula is C17H13Cl2N5O3. The summed E-state index contributed by atoms with van der Waals surface area (Å²) >= 11 is 12.1. The van der Waals surface area contributed by atoms with Crippen molar-refractivity contribution in [1.82, 2.24) is 14.8 Å². The third-order valence-electron chi connectivity index (χ3n) is 3.81. The Morgan fingerprint density at radius 1 is 1.26 bits per heavy atom. The van der Waals surface area contributed by atoms with Crippen LogP contribution in [0.1, 0.15) is 21.6 Å². The van der Waals surface area contributed by atoms with E-state index in [0.29, 0.717) is 22.4 Å². The van der Waals surface area contributed by atoms with E-state index in [1.165, 1.54) is 42.1 Å². The topological polar surface area (TPSA) is 103 Å². The van der Waals surface area contributed by atoms with Crippen molar-refractivity contribution >= 4 is 40.6 Å². The van der Waals surface area contributed by atoms with Gasteiger partial charge < -0.3 is 5.32 Å². The molecule has 0 fully saturated rings. The Bertz CT molecular complexity index is 1060. The third-order valence-corrected chi connectivity index (χ3v) is 4.29. The highest BCUT2D eigenvalue weighted by Crippen LogP contribution is 2.26. The Kier molecular flexibility index (Phi) is 5.11. The number of rotatable bonds is 4. The van der Waals surface area contributed by atoms with Crippen molar-refractivity contribution in [2.45, 2.75) is 13.8 Å². The van der Waals surface area contributed by atoms with Crippen LogP contribution in [-0.4, -0.2) is 25.6 Å². The Labute approximate surface area is 163 Å². The minimum Gasteiger partial charge on any atom is -0.306 e. The van der Waals surface area contributed by atoms with Crippen molar-refractivity contribution in [2.75, 3.05) is 5.32 Å². The van der Waals surface area contributed by atoms with Crippen LogP contribution in [0.5, 0.6) is 0 Å². The van der Waals surface area contributed by atoms with Gasteiger partial charge in [-0.1, -0.05) is 29.3 Å². The summed E-state index contributed by atoms with van der Waals surface area (Å²) in [7, 11) is 0. The molecule has 0 unspecified atom stereocenters. The van der Waals surface area contributed by atoms with E-state index >= 15 is 0 Å². The Balaban J connectivity index is 1.99. The molecule has 0 saturated carbocycles. The molecule has 0 bridgehead atoms. The number of nitro groups is 1. The number of carbonyl (C=O) groups is 1. The van der Waals surface area contributed by atoms with E-state index in [1.54, 1.807) is 13.0 Å². The molecule has 3 aromatic rings. The van der Waals surface area contributed by atoms with Crippen LogP contribution >= 0.6 is 23.2 Å². The van der Waals surface area contributed by atoms with E-state index in [9.17, 15) is 14.9 Å². The summed E-state index contributed by atoms with van der Waals surface area (Å²) in [6.45, 7) is 3.27. The van der Waals surface area contributed by atoms with Gasteiger partial charge in [0.25, 0.3) is 11.6 Å². The molecule has 27 heavy (non-hydrogen) atoms. The first-order valence-electron chi connectivity index (χ1n) is 7.71. The third kappa shape index (κ3) is 3.76. The number of nitro benzene ring substituents is 1. The second-order valence-corrected chi connectivity index (χ2v) is 6.55. The van der Waals surface area contributed by atoms with Crippen LogP contribution in [0.25, 0.3) is 5.82 Å². The Morgan fingerprint density at radius 2 is 2.00 bits per heavy atom. The zero-order valence-electron chi connectivity index (χ0n) is 14.2. The fraction of sp³-hybridized carbons (Fsp3) is 0.118. The number of amides is 1. The smallest absolute Gasteiger partial charge is 0.273 e. The molecule has 8 nitrogen and oxygen atoms in total. The lowest BCUT2D eigenvalue weighted by molar-refractivity contribution is -0.385. The van der Waals surface area contributed by atoms with Gasteiger partial charge in [-0.2, -0.15) is 9.78 Å². The van der Waals surface area contributed by atoms with Crippen molar-refractivity contribution in [3.05, 3.63) is 73.5 Å². The maximum absolute atomic E-state index is 12.7. The minimum absolute atomic E-state index is 0.130. The molecule has 2 heterocycles. The lowest BCUT2D eigenvalue weighted by atomic mass is 10.1. The Morgan fingerprint density at radius 3 is 2.67 bits per heavy atom. The number of aryl methyl sites for hydroxylation is 1. The molecule has 0 spiro atoms. The van der Waals surface area contributed by atoms with Crippen molar-refractivity contribution in [2.24, 2.45) is 0 Å². The van der Waals surface area contributed by atoms with Gasteiger partial charge in [-0.05, 0) is 26.0 Å². The van der Waals surface area contributed by atoms with Crippen molar-refractivity contribution in [3.63, 3.8) is 0 Å². The zero-order valence-corrected chi connectivity index (χ0v) is 15.7. The van der Waals surface area contributed by atoms with Crippen LogP contribution < -0.4 is 5.32 Å². The molecule has 1 N–H and O–H groups in total. The number of anilines is 1. The second kappa shape index (κ2) is 7.34. The van der Waals surface area contributed by atoms with Crippen LogP contribution in [0.15, 0.2) is 36.5 Å². The number of aromatic nitrogens is 3. The highest BCUT2D eigenvalue weighted by atomic mass is 35.5. The van der Waals surface area contributed by atoms with E-state index in [4.69, 9.17) is 23.2 Å². The standard InChI is InChI=1S/C17H13Cl2N5O3/c1-9-6-15(23(22-9)16-13(19)7-11(18)8-20-16)21-17(25)12-4-3-5-14(10(12)2)24(26)27/h3-8H,1-2H3,(H,21,25). The van der Waals surface area contributed by atoms with E-state index < -0.39 is 10.8 Å². The molecule has 0 saturated heterocycles. The monoisotopic (exact) mass is 405 g/mol. The highest BCUT2D eigenvalue weighted by molar-refractivity contribution is 6.35. The number of hydrogen-bond donors (Lipinski definition) is 1. The van der Waals surface area contributed by atoms with E-state index in [2.05, 4.69) is 15.4 Å². The van der Waals surface area contributed by atoms with Crippen LogP contribution in [0.3, 0.4) is 0 Å². The molecular weight excluding hydrogens is 393 g/mol. The van der Waals surface area contributed by atoms with Gasteiger partial charge in [0.15, 0.2) is 5.82 Å². The quantitative estimate of drug-likeness (QED) is 0.513. The minimum atomic E-state index is -0.530. The van der Waals surface area contributed by atoms with Gasteiger partial charge in [0.05, 0.1) is 20.7 Å². The van der Waals surface area contributed by atoms with Gasteiger partial charge in [-0.25, -0.2) is 4.98 Å². The fourth-order valence-electron chi connectivity index (χ4n) is 2.56. The van der Waals surface area contributed by atoms with Gasteiger partial charge in [0, 0.05) is 29.5 Å². The van der Waals surface area contributed by atoms with Crippen molar-refractivity contribution in [1.29, 1.82) is 0 Å². The van der Waals surface area contributed by atoms with Gasteiger partial charge in [-0.3, -0.25) is 14.9 Å². The molecule has 10 heteroatoms. The van der Waals surface area contributed by atoms with Gasteiger partial charge in [-0.15, -0.1) is 0 Å². The van der Waals surface area contributed by atoms with Crippen LogP contribution in [-0.2, 0) is 0 Å². The molecule has 138 valence electrons. The molecule has 0 aliphatic carbocycles. The van der Waals surface area contributed by atoms with Crippen molar-refractivity contribution < 1.29 is 9.72 Å². The highest BCUT2D eigenvalue weighted by Gasteiger charge is 2.20. The van der Waals surface area contributed by atoms with Gasteiger partial charge >= 0.3 is 0 Å². The molecule has 0 aliphatic heterocycles. The number of halogens is 2. The summed E-state index contributed by atoms with van der Waals surface area (Å²) in [6, 6.07) is 7.47. The average Bonchev–Trinajstić information content (AvgIpc) is 2.94. The molecule has 3 rings (SSSR count). The number of benzene rings is 1. The van der Waals surface area contributed by atoms with Crippen LogP contribution in [0.4, 0.5) is 11.5 Å². The summed E-state index contributed by atoms with van der Waals surface area (Å²) in [6.07, 6.45) is 1.41. The van der Waals surface area contributed by atoms with E-state index in [1.807, 2.05) is 0 Å². The summed E-state index contributed by atoms with van der Waals surface area (Å²) in [4.78, 5) is 27.4. The van der Waals surface area contributed by atoms with Gasteiger partial charge in [0.1, 0.15) is 5.82 Å². The van der Waals surface area contributed by atoms with E-state index in [-0.39, 0.29) is 21.8 Å². The summed E-state index contributed by atoms with van der Waals surface area (Å²) in [5.74, 6) is 0.0998. The van der Waals surface area contributed by atoms with E-state index in [0.717, 1.165) is 0 Å². The molecule has 2 aromatic heterocycles. The van der Waals surface area contributed by atoms with Gasteiger partial charge in [0.2, 0.25) is 0 Å². The number of hydrogen-bond acceptors (Lipinski definition) is 5. The normalized spacial score (nSPS) is 10.7. The lowest BCUT2D eigenvalue weighted by Gasteiger charge is -2.11. The lowest BCUT2D eigenvalue weighted by Crippen LogP contribution is -2.17. The molecule has 1 aromatic carbocycles. The summed E-state index contributed by atoms with van der Waals surface area (Å²) in [5.41, 5.74) is 0.943. The molecule has 0 aliphatic rings. The zero-order chi connectivity index (χ0) is 19.7. The first-order chi connectivity index (χ1) is 12.8. The molecule has 1 amide bonds. The second-order valence-electron chi connectivity index (χ2n) is 5.70. The van der Waals surface area contributed by atoms with Crippen LogP contribution in [0.2, 0.25) is 10.0 Å². The van der Waals surface area contributed by atoms with Crippen molar-refractivity contribution in [3.8, 4) is 5.82 Å². The summed E-state index contributed by atoms with van der Waals surface area (Å²) < 4.78 is 1.37. The first kappa shape index (κ1) is 18.8. The Hall–Kier alpha value is -2.97. The maximum atomic E-state index is 12.7. The number of pyridine rings is 1. The predicted molar refractivity (Wildman–Crippen MR) is 102 cm³/mol. The maximum Gasteiger partial charge on any atom is 0.273 e. The first-order valence-corrected chi connectivity index (χ1v) is 8.47. The number of nitrogens with one attached hydrogen (secondary N) is 1. The molecule has 0 atom stereocenters. The SMILES string of the molecule is Cc1cc(NC(=O)c2cccc([N+](=O)[O-])c2C)n(-c2ncc(Cl)cc2Cl)n1. The molecule has 0 radical (unpaired) electrons. The largest absolute Gasteiger partial charge is 0.306 e. The summed E-state index contributed by atoms with van der Waals surface area (Å²) in [5, 5.41) is 18.7. The predicted octanol–water partition coefficient (Wildman–Crippen LogP) is 4.35. The average molecular weight is 406 g/mol. The number of carbonyl (C=O) groups excluding carboxylic acids is 1.